The minimum Gasteiger partial charge on any atom is -0.342 e. The second-order valence-corrected chi connectivity index (χ2v) is 5.24. The van der Waals surface area contributed by atoms with E-state index in [9.17, 15) is 9.59 Å². The number of hydrogen-bond donors (Lipinski definition) is 1. The fourth-order valence-corrected chi connectivity index (χ4v) is 2.48. The molecular formula is C14H17ClN2O2. The van der Waals surface area contributed by atoms with Crippen LogP contribution in [0.25, 0.3) is 0 Å². The Labute approximate surface area is 117 Å². The van der Waals surface area contributed by atoms with Gasteiger partial charge in [-0.3, -0.25) is 9.59 Å². The molecule has 0 aromatic heterocycles. The molecule has 1 aromatic rings. The Hall–Kier alpha value is -1.55. The predicted octanol–water partition coefficient (Wildman–Crippen LogP) is 2.54. The lowest BCUT2D eigenvalue weighted by atomic mass is 9.97. The maximum absolute atomic E-state index is 12.2. The topological polar surface area (TPSA) is 49.4 Å². The molecule has 1 heterocycles. The van der Waals surface area contributed by atoms with Gasteiger partial charge in [-0.1, -0.05) is 17.7 Å². The summed E-state index contributed by atoms with van der Waals surface area (Å²) >= 11 is 5.87. The summed E-state index contributed by atoms with van der Waals surface area (Å²) in [7, 11) is 0. The molecule has 0 saturated carbocycles. The third kappa shape index (κ3) is 3.70. The van der Waals surface area contributed by atoms with E-state index in [4.69, 9.17) is 11.6 Å². The van der Waals surface area contributed by atoms with E-state index in [2.05, 4.69) is 5.32 Å². The Bertz CT molecular complexity index is 490. The maximum Gasteiger partial charge on any atom is 0.229 e. The largest absolute Gasteiger partial charge is 0.342 e. The normalized spacial score (nSPS) is 19.1. The number of anilines is 1. The van der Waals surface area contributed by atoms with E-state index in [0.29, 0.717) is 17.3 Å². The second kappa shape index (κ2) is 6.06. The summed E-state index contributed by atoms with van der Waals surface area (Å²) in [4.78, 5) is 25.2. The molecule has 1 aliphatic heterocycles. The fourth-order valence-electron chi connectivity index (χ4n) is 2.29. The third-order valence-electron chi connectivity index (χ3n) is 3.33. The first kappa shape index (κ1) is 13.9. The lowest BCUT2D eigenvalue weighted by Gasteiger charge is -2.31. The van der Waals surface area contributed by atoms with Gasteiger partial charge in [0.05, 0.1) is 5.92 Å². The molecule has 1 fully saturated rings. The van der Waals surface area contributed by atoms with Crippen LogP contribution in [0, 0.1) is 5.92 Å². The number of nitrogens with one attached hydrogen (secondary N) is 1. The van der Waals surface area contributed by atoms with Gasteiger partial charge in [0.1, 0.15) is 0 Å². The van der Waals surface area contributed by atoms with Crippen molar-refractivity contribution in [1.82, 2.24) is 4.90 Å². The number of halogens is 1. The lowest BCUT2D eigenvalue weighted by molar-refractivity contribution is -0.132. The highest BCUT2D eigenvalue weighted by Crippen LogP contribution is 2.20. The van der Waals surface area contributed by atoms with Crippen molar-refractivity contribution in [1.29, 1.82) is 0 Å². The Morgan fingerprint density at radius 2 is 2.21 bits per heavy atom. The molecule has 1 atom stereocenters. The van der Waals surface area contributed by atoms with Crippen molar-refractivity contribution in [2.75, 3.05) is 18.4 Å². The average Bonchev–Trinajstić information content (AvgIpc) is 2.39. The second-order valence-electron chi connectivity index (χ2n) is 4.80. The summed E-state index contributed by atoms with van der Waals surface area (Å²) in [6.07, 6.45) is 1.68. The smallest absolute Gasteiger partial charge is 0.229 e. The summed E-state index contributed by atoms with van der Waals surface area (Å²) in [6.45, 7) is 2.79. The molecule has 0 spiro atoms. The highest BCUT2D eigenvalue weighted by Gasteiger charge is 2.26. The summed E-state index contributed by atoms with van der Waals surface area (Å²) in [5, 5.41) is 3.44. The summed E-state index contributed by atoms with van der Waals surface area (Å²) in [6, 6.07) is 7.07. The number of hydrogen-bond acceptors (Lipinski definition) is 2. The molecule has 2 amide bonds. The quantitative estimate of drug-likeness (QED) is 0.905. The maximum atomic E-state index is 12.2. The first-order valence-electron chi connectivity index (χ1n) is 6.38. The highest BCUT2D eigenvalue weighted by atomic mass is 35.5. The molecule has 102 valence electrons. The van der Waals surface area contributed by atoms with Crippen LogP contribution in [-0.2, 0) is 9.59 Å². The van der Waals surface area contributed by atoms with Crippen molar-refractivity contribution in [3.05, 3.63) is 29.3 Å². The standard InChI is InChI=1S/C14H17ClN2O2/c1-10(18)17-7-3-4-11(9-17)14(19)16-13-6-2-5-12(15)8-13/h2,5-6,8,11H,3-4,7,9H2,1H3,(H,16,19)/t11-/m0/s1. The third-order valence-corrected chi connectivity index (χ3v) is 3.56. The molecule has 5 heteroatoms. The number of nitrogens with zero attached hydrogens (tertiary/aromatic N) is 1. The van der Waals surface area contributed by atoms with Crippen LogP contribution in [0.4, 0.5) is 5.69 Å². The molecule has 19 heavy (non-hydrogen) atoms. The summed E-state index contributed by atoms with van der Waals surface area (Å²) in [5.41, 5.74) is 0.692. The first-order valence-corrected chi connectivity index (χ1v) is 6.76. The van der Waals surface area contributed by atoms with E-state index in [1.165, 1.54) is 6.92 Å². The molecule has 1 saturated heterocycles. The van der Waals surface area contributed by atoms with Crippen molar-refractivity contribution in [2.24, 2.45) is 5.92 Å². The Balaban J connectivity index is 1.98. The van der Waals surface area contributed by atoms with Gasteiger partial charge in [-0.15, -0.1) is 0 Å². The van der Waals surface area contributed by atoms with Crippen LogP contribution in [0.5, 0.6) is 0 Å². The summed E-state index contributed by atoms with van der Waals surface area (Å²) < 4.78 is 0. The zero-order valence-electron chi connectivity index (χ0n) is 10.9. The molecule has 0 unspecified atom stereocenters. The van der Waals surface area contributed by atoms with Gasteiger partial charge in [0.15, 0.2) is 0 Å². The van der Waals surface area contributed by atoms with Gasteiger partial charge in [0.2, 0.25) is 11.8 Å². The number of carbonyl (C=O) groups is 2. The van der Waals surface area contributed by atoms with Crippen molar-refractivity contribution in [3.8, 4) is 0 Å². The molecule has 1 N–H and O–H groups in total. The fraction of sp³-hybridized carbons (Fsp3) is 0.429. The van der Waals surface area contributed by atoms with Crippen molar-refractivity contribution >= 4 is 29.1 Å². The lowest BCUT2D eigenvalue weighted by Crippen LogP contribution is -2.42. The van der Waals surface area contributed by atoms with Crippen molar-refractivity contribution in [2.45, 2.75) is 19.8 Å². The minimum absolute atomic E-state index is 0.0280. The van der Waals surface area contributed by atoms with Crippen LogP contribution in [-0.4, -0.2) is 29.8 Å². The van der Waals surface area contributed by atoms with Crippen LogP contribution < -0.4 is 5.32 Å². The van der Waals surface area contributed by atoms with Gasteiger partial charge in [-0.05, 0) is 31.0 Å². The molecule has 1 aliphatic rings. The van der Waals surface area contributed by atoms with Crippen LogP contribution in [0.3, 0.4) is 0 Å². The molecule has 0 bridgehead atoms. The number of rotatable bonds is 2. The zero-order valence-corrected chi connectivity index (χ0v) is 11.6. The minimum atomic E-state index is -0.142. The molecule has 4 nitrogen and oxygen atoms in total. The van der Waals surface area contributed by atoms with Crippen LogP contribution >= 0.6 is 11.6 Å². The van der Waals surface area contributed by atoms with Crippen LogP contribution in [0.15, 0.2) is 24.3 Å². The SMILES string of the molecule is CC(=O)N1CCC[C@H](C(=O)Nc2cccc(Cl)c2)C1. The average molecular weight is 281 g/mol. The molecular weight excluding hydrogens is 264 g/mol. The van der Waals surface area contributed by atoms with Crippen LogP contribution in [0.1, 0.15) is 19.8 Å². The number of amides is 2. The molecule has 1 aromatic carbocycles. The van der Waals surface area contributed by atoms with E-state index in [-0.39, 0.29) is 17.7 Å². The first-order chi connectivity index (χ1) is 9.06. The van der Waals surface area contributed by atoms with Gasteiger partial charge < -0.3 is 10.2 Å². The predicted molar refractivity (Wildman–Crippen MR) is 75.1 cm³/mol. The summed E-state index contributed by atoms with van der Waals surface area (Å²) in [5.74, 6) is -0.162. The van der Waals surface area contributed by atoms with E-state index in [1.54, 1.807) is 29.2 Å². The van der Waals surface area contributed by atoms with Crippen molar-refractivity contribution in [3.63, 3.8) is 0 Å². The van der Waals surface area contributed by atoms with E-state index < -0.39 is 0 Å². The van der Waals surface area contributed by atoms with Gasteiger partial charge in [-0.2, -0.15) is 0 Å². The molecule has 2 rings (SSSR count). The van der Waals surface area contributed by atoms with Crippen LogP contribution in [0.2, 0.25) is 5.02 Å². The van der Waals surface area contributed by atoms with Gasteiger partial charge in [0.25, 0.3) is 0 Å². The number of carbonyl (C=O) groups excluding carboxylic acids is 2. The monoisotopic (exact) mass is 280 g/mol. The Morgan fingerprint density at radius 3 is 2.89 bits per heavy atom. The van der Waals surface area contributed by atoms with E-state index >= 15 is 0 Å². The molecule has 0 aliphatic carbocycles. The van der Waals surface area contributed by atoms with Crippen molar-refractivity contribution < 1.29 is 9.59 Å². The Morgan fingerprint density at radius 1 is 1.42 bits per heavy atom. The zero-order chi connectivity index (χ0) is 13.8. The number of benzene rings is 1. The number of piperidine rings is 1. The van der Waals surface area contributed by atoms with E-state index in [0.717, 1.165) is 19.4 Å². The Kier molecular flexibility index (Phi) is 4.43. The highest BCUT2D eigenvalue weighted by molar-refractivity contribution is 6.30. The molecule has 0 radical (unpaired) electrons. The van der Waals surface area contributed by atoms with Gasteiger partial charge >= 0.3 is 0 Å². The van der Waals surface area contributed by atoms with Gasteiger partial charge in [-0.25, -0.2) is 0 Å². The van der Waals surface area contributed by atoms with Gasteiger partial charge in [0, 0.05) is 30.7 Å². The number of likely N-dealkylation sites (tertiary alicyclic amines) is 1. The van der Waals surface area contributed by atoms with E-state index in [1.807, 2.05) is 0 Å².